The van der Waals surface area contributed by atoms with Crippen LogP contribution in [0.15, 0.2) is 21.1 Å². The molecule has 0 spiro atoms. The molecule has 19 heavy (non-hydrogen) atoms. The van der Waals surface area contributed by atoms with Gasteiger partial charge in [-0.15, -0.1) is 0 Å². The number of hydrogen-bond donors (Lipinski definition) is 2. The molecule has 0 bridgehead atoms. The summed E-state index contributed by atoms with van der Waals surface area (Å²) in [5, 5.41) is 19.2. The van der Waals surface area contributed by atoms with Crippen LogP contribution in [0.4, 0.5) is 0 Å². The van der Waals surface area contributed by atoms with Gasteiger partial charge in [0.15, 0.2) is 0 Å². The van der Waals surface area contributed by atoms with Crippen LogP contribution in [-0.4, -0.2) is 16.2 Å². The van der Waals surface area contributed by atoms with Gasteiger partial charge in [-0.3, -0.25) is 4.79 Å². The first-order valence-electron chi connectivity index (χ1n) is 5.98. The Morgan fingerprint density at radius 2 is 1.89 bits per heavy atom. The summed E-state index contributed by atoms with van der Waals surface area (Å²) in [4.78, 5) is 10.8. The molecule has 1 rings (SSSR count). The van der Waals surface area contributed by atoms with E-state index in [0.29, 0.717) is 6.42 Å². The molecule has 1 aromatic rings. The number of rotatable bonds is 5. The summed E-state index contributed by atoms with van der Waals surface area (Å²) in [6, 6.07) is 3.81. The van der Waals surface area contributed by atoms with Crippen molar-refractivity contribution in [2.45, 2.75) is 39.7 Å². The molecular weight excluding hydrogens is 376 g/mol. The monoisotopic (exact) mass is 392 g/mol. The molecule has 0 aromatic heterocycles. The minimum atomic E-state index is -0.846. The molecule has 0 aliphatic rings. The van der Waals surface area contributed by atoms with E-state index in [2.05, 4.69) is 31.9 Å². The summed E-state index contributed by atoms with van der Waals surface area (Å²) in [7, 11) is 0. The second kappa shape index (κ2) is 6.37. The molecule has 106 valence electrons. The third-order valence-corrected chi connectivity index (χ3v) is 4.55. The molecule has 0 amide bonds. The van der Waals surface area contributed by atoms with Crippen molar-refractivity contribution < 1.29 is 15.0 Å². The van der Waals surface area contributed by atoms with Gasteiger partial charge in [0.2, 0.25) is 0 Å². The Labute approximate surface area is 130 Å². The highest BCUT2D eigenvalue weighted by Crippen LogP contribution is 2.37. The normalized spacial score (nSPS) is 13.4. The van der Waals surface area contributed by atoms with E-state index >= 15 is 0 Å². The molecule has 0 saturated carbocycles. The van der Waals surface area contributed by atoms with Gasteiger partial charge < -0.3 is 10.2 Å². The second-order valence-electron chi connectivity index (χ2n) is 5.58. The van der Waals surface area contributed by atoms with Crippen LogP contribution in [0.3, 0.4) is 0 Å². The first-order valence-corrected chi connectivity index (χ1v) is 7.56. The smallest absolute Gasteiger partial charge is 0.303 e. The molecule has 0 saturated heterocycles. The molecule has 0 radical (unpaired) electrons. The molecular formula is C14H18Br2O3. The fourth-order valence-electron chi connectivity index (χ4n) is 2.03. The maximum atomic E-state index is 10.8. The SMILES string of the molecule is Cc1cc(Br)c(C(O)CC(C)(C)CC(=O)O)cc1Br. The summed E-state index contributed by atoms with van der Waals surface area (Å²) in [5.74, 6) is -0.846. The number of benzene rings is 1. The van der Waals surface area contributed by atoms with Crippen LogP contribution in [0, 0.1) is 12.3 Å². The van der Waals surface area contributed by atoms with Gasteiger partial charge in [0.1, 0.15) is 0 Å². The van der Waals surface area contributed by atoms with Gasteiger partial charge in [-0.25, -0.2) is 0 Å². The van der Waals surface area contributed by atoms with Gasteiger partial charge in [0.25, 0.3) is 0 Å². The Hall–Kier alpha value is -0.390. The van der Waals surface area contributed by atoms with Crippen LogP contribution in [0.25, 0.3) is 0 Å². The van der Waals surface area contributed by atoms with Crippen molar-refractivity contribution in [1.29, 1.82) is 0 Å². The average molecular weight is 394 g/mol. The molecule has 1 unspecified atom stereocenters. The Morgan fingerprint density at radius 1 is 1.32 bits per heavy atom. The number of aryl methyl sites for hydroxylation is 1. The average Bonchev–Trinajstić information content (AvgIpc) is 2.20. The minimum Gasteiger partial charge on any atom is -0.481 e. The number of aliphatic hydroxyl groups excluding tert-OH is 1. The van der Waals surface area contributed by atoms with Gasteiger partial charge in [-0.05, 0) is 42.0 Å². The van der Waals surface area contributed by atoms with E-state index in [1.807, 2.05) is 32.9 Å². The topological polar surface area (TPSA) is 57.5 Å². The second-order valence-corrected chi connectivity index (χ2v) is 7.29. The van der Waals surface area contributed by atoms with Crippen molar-refractivity contribution in [3.05, 3.63) is 32.2 Å². The summed E-state index contributed by atoms with van der Waals surface area (Å²) in [6.45, 7) is 5.67. The molecule has 0 fully saturated rings. The van der Waals surface area contributed by atoms with Crippen molar-refractivity contribution in [3.8, 4) is 0 Å². The number of carboxylic acid groups (broad SMARTS) is 1. The standard InChI is InChI=1S/C14H18Br2O3/c1-8-4-11(16)9(5-10(8)15)12(17)6-14(2,3)7-13(18)19/h4-5,12,17H,6-7H2,1-3H3,(H,18,19). The lowest BCUT2D eigenvalue weighted by molar-refractivity contribution is -0.139. The van der Waals surface area contributed by atoms with E-state index < -0.39 is 17.5 Å². The van der Waals surface area contributed by atoms with Crippen LogP contribution in [0.5, 0.6) is 0 Å². The number of hydrogen-bond acceptors (Lipinski definition) is 2. The molecule has 1 aromatic carbocycles. The molecule has 5 heteroatoms. The third-order valence-electron chi connectivity index (χ3n) is 3.01. The van der Waals surface area contributed by atoms with Gasteiger partial charge >= 0.3 is 5.97 Å². The predicted octanol–water partition coefficient (Wildman–Crippen LogP) is 4.44. The number of carbonyl (C=O) groups is 1. The molecule has 0 aliphatic carbocycles. The van der Waals surface area contributed by atoms with E-state index in [9.17, 15) is 9.90 Å². The molecule has 1 atom stereocenters. The first kappa shape index (κ1) is 16.7. The molecule has 0 aliphatic heterocycles. The largest absolute Gasteiger partial charge is 0.481 e. The summed E-state index contributed by atoms with van der Waals surface area (Å²) in [5.41, 5.74) is 1.39. The zero-order valence-electron chi connectivity index (χ0n) is 11.2. The lowest BCUT2D eigenvalue weighted by Crippen LogP contribution is -2.20. The highest BCUT2D eigenvalue weighted by molar-refractivity contribution is 9.11. The van der Waals surface area contributed by atoms with Gasteiger partial charge in [-0.1, -0.05) is 45.7 Å². The van der Waals surface area contributed by atoms with Crippen molar-refractivity contribution >= 4 is 37.8 Å². The fourth-order valence-corrected chi connectivity index (χ4v) is 3.12. The number of carboxylic acids is 1. The van der Waals surface area contributed by atoms with Gasteiger partial charge in [0.05, 0.1) is 12.5 Å². The quantitative estimate of drug-likeness (QED) is 0.777. The fraction of sp³-hybridized carbons (Fsp3) is 0.500. The van der Waals surface area contributed by atoms with Gasteiger partial charge in [-0.2, -0.15) is 0 Å². The summed E-state index contributed by atoms with van der Waals surface area (Å²) in [6.07, 6.45) is -0.261. The Kier molecular flexibility index (Phi) is 5.59. The zero-order chi connectivity index (χ0) is 14.8. The van der Waals surface area contributed by atoms with E-state index in [4.69, 9.17) is 5.11 Å². The van der Waals surface area contributed by atoms with E-state index in [1.165, 1.54) is 0 Å². The third kappa shape index (κ3) is 4.89. The van der Waals surface area contributed by atoms with Crippen molar-refractivity contribution in [2.24, 2.45) is 5.41 Å². The summed E-state index contributed by atoms with van der Waals surface area (Å²) >= 11 is 6.89. The lowest BCUT2D eigenvalue weighted by Gasteiger charge is -2.26. The Balaban J connectivity index is 2.92. The predicted molar refractivity (Wildman–Crippen MR) is 82.2 cm³/mol. The number of halogens is 2. The highest BCUT2D eigenvalue weighted by atomic mass is 79.9. The van der Waals surface area contributed by atoms with Crippen LogP contribution in [0.1, 0.15) is 43.9 Å². The molecule has 2 N–H and O–H groups in total. The van der Waals surface area contributed by atoms with Crippen LogP contribution in [0.2, 0.25) is 0 Å². The minimum absolute atomic E-state index is 0.0364. The van der Waals surface area contributed by atoms with Gasteiger partial charge in [0, 0.05) is 8.95 Å². The van der Waals surface area contributed by atoms with Crippen LogP contribution >= 0.6 is 31.9 Å². The van der Waals surface area contributed by atoms with Crippen molar-refractivity contribution in [1.82, 2.24) is 0 Å². The molecule has 3 nitrogen and oxygen atoms in total. The highest BCUT2D eigenvalue weighted by Gasteiger charge is 2.27. The van der Waals surface area contributed by atoms with Crippen LogP contribution in [-0.2, 0) is 4.79 Å². The maximum absolute atomic E-state index is 10.8. The molecule has 0 heterocycles. The Bertz CT molecular complexity index is 484. The van der Waals surface area contributed by atoms with E-state index in [1.54, 1.807) is 0 Å². The maximum Gasteiger partial charge on any atom is 0.303 e. The van der Waals surface area contributed by atoms with Crippen LogP contribution < -0.4 is 0 Å². The lowest BCUT2D eigenvalue weighted by atomic mass is 9.82. The van der Waals surface area contributed by atoms with E-state index in [-0.39, 0.29) is 6.42 Å². The summed E-state index contributed by atoms with van der Waals surface area (Å²) < 4.78 is 1.77. The number of aliphatic hydroxyl groups is 1. The number of aliphatic carboxylic acids is 1. The van der Waals surface area contributed by atoms with Crippen molar-refractivity contribution in [3.63, 3.8) is 0 Å². The zero-order valence-corrected chi connectivity index (χ0v) is 14.4. The first-order chi connectivity index (χ1) is 8.62. The van der Waals surface area contributed by atoms with Crippen molar-refractivity contribution in [2.75, 3.05) is 0 Å². The van der Waals surface area contributed by atoms with E-state index in [0.717, 1.165) is 20.1 Å². The Morgan fingerprint density at radius 3 is 2.42 bits per heavy atom.